The average molecular weight is 318 g/mol. The van der Waals surface area contributed by atoms with Gasteiger partial charge in [-0.3, -0.25) is 0 Å². The van der Waals surface area contributed by atoms with Crippen molar-refractivity contribution in [3.05, 3.63) is 65.2 Å². The maximum absolute atomic E-state index is 13.7. The third-order valence-electron chi connectivity index (χ3n) is 3.45. The van der Waals surface area contributed by atoms with Gasteiger partial charge in [0.05, 0.1) is 5.69 Å². The van der Waals surface area contributed by atoms with E-state index in [-0.39, 0.29) is 5.69 Å². The number of carbonyl (C=O) groups is 1. The number of nitrogens with zero attached hydrogens (tertiary/aromatic N) is 1. The molecule has 2 amide bonds. The van der Waals surface area contributed by atoms with Crippen molar-refractivity contribution >= 4 is 11.7 Å². The second-order valence-corrected chi connectivity index (χ2v) is 5.46. The normalized spacial score (nSPS) is 10.4. The van der Waals surface area contributed by atoms with Crippen molar-refractivity contribution in [3.8, 4) is 0 Å². The highest BCUT2D eigenvalue weighted by Crippen LogP contribution is 2.16. The average Bonchev–Trinajstić information content (AvgIpc) is 2.51. The van der Waals surface area contributed by atoms with Gasteiger partial charge in [0, 0.05) is 19.2 Å². The van der Waals surface area contributed by atoms with Gasteiger partial charge in [-0.1, -0.05) is 36.8 Å². The first kappa shape index (κ1) is 16.9. The molecule has 0 saturated heterocycles. The molecule has 23 heavy (non-hydrogen) atoms. The first-order valence-electron chi connectivity index (χ1n) is 7.56. The molecule has 0 aliphatic carbocycles. The molecule has 0 fully saturated rings. The molecule has 1 N–H and O–H groups in total. The predicted molar refractivity (Wildman–Crippen MR) is 87.3 cm³/mol. The number of rotatable bonds is 5. The zero-order chi connectivity index (χ0) is 16.8. The molecule has 0 atom stereocenters. The topological polar surface area (TPSA) is 32.3 Å². The molecule has 0 aromatic heterocycles. The van der Waals surface area contributed by atoms with Gasteiger partial charge in [0.2, 0.25) is 0 Å². The maximum atomic E-state index is 13.7. The van der Waals surface area contributed by atoms with Gasteiger partial charge in [-0.25, -0.2) is 13.6 Å². The summed E-state index contributed by atoms with van der Waals surface area (Å²) in [7, 11) is 0. The van der Waals surface area contributed by atoms with E-state index in [4.69, 9.17) is 0 Å². The van der Waals surface area contributed by atoms with E-state index in [0.717, 1.165) is 29.7 Å². The fourth-order valence-corrected chi connectivity index (χ4v) is 2.22. The Morgan fingerprint density at radius 1 is 1.13 bits per heavy atom. The summed E-state index contributed by atoms with van der Waals surface area (Å²) in [6.07, 6.45) is 0.783. The number of benzene rings is 2. The van der Waals surface area contributed by atoms with Crippen molar-refractivity contribution in [2.75, 3.05) is 11.9 Å². The fourth-order valence-electron chi connectivity index (χ4n) is 2.22. The van der Waals surface area contributed by atoms with Gasteiger partial charge in [0.1, 0.15) is 11.6 Å². The van der Waals surface area contributed by atoms with Crippen LogP contribution in [0.3, 0.4) is 0 Å². The van der Waals surface area contributed by atoms with Crippen LogP contribution in [-0.2, 0) is 6.54 Å². The van der Waals surface area contributed by atoms with E-state index in [9.17, 15) is 13.6 Å². The largest absolute Gasteiger partial charge is 0.322 e. The summed E-state index contributed by atoms with van der Waals surface area (Å²) in [5, 5.41) is 2.50. The summed E-state index contributed by atoms with van der Waals surface area (Å²) in [6, 6.07) is 10.6. The van der Waals surface area contributed by atoms with Crippen LogP contribution in [0.4, 0.5) is 19.3 Å². The molecule has 3 nitrogen and oxygen atoms in total. The Hall–Kier alpha value is -2.43. The van der Waals surface area contributed by atoms with Gasteiger partial charge in [0.25, 0.3) is 0 Å². The van der Waals surface area contributed by atoms with Crippen LogP contribution in [0.5, 0.6) is 0 Å². The molecule has 0 bridgehead atoms. The third-order valence-corrected chi connectivity index (χ3v) is 3.45. The molecule has 122 valence electrons. The fraction of sp³-hybridized carbons (Fsp3) is 0.278. The second-order valence-electron chi connectivity index (χ2n) is 5.46. The third kappa shape index (κ3) is 4.77. The van der Waals surface area contributed by atoms with E-state index in [0.29, 0.717) is 13.1 Å². The molecular formula is C18H20F2N2O. The van der Waals surface area contributed by atoms with Gasteiger partial charge in [0.15, 0.2) is 0 Å². The van der Waals surface area contributed by atoms with Crippen molar-refractivity contribution in [1.82, 2.24) is 4.90 Å². The van der Waals surface area contributed by atoms with Crippen LogP contribution >= 0.6 is 0 Å². The highest BCUT2D eigenvalue weighted by Gasteiger charge is 2.15. The molecule has 0 aliphatic heterocycles. The minimum absolute atomic E-state index is 0.0265. The first-order chi connectivity index (χ1) is 11.0. The molecular weight excluding hydrogens is 298 g/mol. The Labute approximate surface area is 134 Å². The van der Waals surface area contributed by atoms with Crippen LogP contribution in [0.25, 0.3) is 0 Å². The minimum Gasteiger partial charge on any atom is -0.320 e. The number of amides is 2. The van der Waals surface area contributed by atoms with Gasteiger partial charge >= 0.3 is 6.03 Å². The molecule has 0 spiro atoms. The van der Waals surface area contributed by atoms with E-state index in [1.165, 1.54) is 6.07 Å². The molecule has 5 heteroatoms. The first-order valence-corrected chi connectivity index (χ1v) is 7.56. The van der Waals surface area contributed by atoms with Gasteiger partial charge in [-0.15, -0.1) is 0 Å². The minimum atomic E-state index is -0.787. The number of nitrogens with one attached hydrogen (secondary N) is 1. The van der Waals surface area contributed by atoms with Crippen LogP contribution in [0.1, 0.15) is 24.5 Å². The number of anilines is 1. The lowest BCUT2D eigenvalue weighted by atomic mass is 10.1. The smallest absolute Gasteiger partial charge is 0.320 e. The van der Waals surface area contributed by atoms with Gasteiger partial charge < -0.3 is 10.2 Å². The summed E-state index contributed by atoms with van der Waals surface area (Å²) in [5.41, 5.74) is 2.12. The van der Waals surface area contributed by atoms with Crippen molar-refractivity contribution in [2.24, 2.45) is 0 Å². The Bertz CT molecular complexity index is 671. The second kappa shape index (κ2) is 7.72. The molecule has 0 heterocycles. The van der Waals surface area contributed by atoms with Crippen LogP contribution in [0.2, 0.25) is 0 Å². The molecule has 0 aliphatic rings. The summed E-state index contributed by atoms with van der Waals surface area (Å²) >= 11 is 0. The van der Waals surface area contributed by atoms with Gasteiger partial charge in [-0.2, -0.15) is 0 Å². The predicted octanol–water partition coefficient (Wildman–Crippen LogP) is 4.72. The monoisotopic (exact) mass is 318 g/mol. The maximum Gasteiger partial charge on any atom is 0.322 e. The quantitative estimate of drug-likeness (QED) is 0.850. The van der Waals surface area contributed by atoms with E-state index in [1.54, 1.807) is 4.90 Å². The van der Waals surface area contributed by atoms with Crippen LogP contribution < -0.4 is 5.32 Å². The highest BCUT2D eigenvalue weighted by molar-refractivity contribution is 5.89. The molecule has 2 aromatic rings. The van der Waals surface area contributed by atoms with E-state index in [1.807, 2.05) is 38.1 Å². The number of aryl methyl sites for hydroxylation is 1. The Balaban J connectivity index is 2.09. The number of urea groups is 1. The number of halogens is 2. The van der Waals surface area contributed by atoms with Crippen molar-refractivity contribution < 1.29 is 13.6 Å². The van der Waals surface area contributed by atoms with Crippen LogP contribution in [0.15, 0.2) is 42.5 Å². The highest BCUT2D eigenvalue weighted by atomic mass is 19.1. The van der Waals surface area contributed by atoms with Crippen molar-refractivity contribution in [2.45, 2.75) is 26.8 Å². The molecule has 2 rings (SSSR count). The van der Waals surface area contributed by atoms with Crippen LogP contribution in [-0.4, -0.2) is 17.5 Å². The van der Waals surface area contributed by atoms with E-state index in [2.05, 4.69) is 5.32 Å². The number of hydrogen-bond donors (Lipinski definition) is 1. The van der Waals surface area contributed by atoms with E-state index >= 15 is 0 Å². The molecule has 0 radical (unpaired) electrons. The lowest BCUT2D eigenvalue weighted by Gasteiger charge is -2.23. The van der Waals surface area contributed by atoms with Gasteiger partial charge in [-0.05, 0) is 31.0 Å². The Morgan fingerprint density at radius 2 is 1.83 bits per heavy atom. The number of carbonyl (C=O) groups excluding carboxylic acids is 1. The lowest BCUT2D eigenvalue weighted by Crippen LogP contribution is -2.35. The molecule has 0 saturated carbocycles. The SMILES string of the molecule is CCCN(Cc1ccc(C)cc1)C(=O)Nc1ccc(F)cc1F. The Morgan fingerprint density at radius 3 is 2.43 bits per heavy atom. The number of hydrogen-bond acceptors (Lipinski definition) is 1. The lowest BCUT2D eigenvalue weighted by molar-refractivity contribution is 0.209. The zero-order valence-corrected chi connectivity index (χ0v) is 13.3. The standard InChI is InChI=1S/C18H20F2N2O/c1-3-10-22(12-14-6-4-13(2)5-7-14)18(23)21-17-9-8-15(19)11-16(17)20/h4-9,11H,3,10,12H2,1-2H3,(H,21,23). The van der Waals surface area contributed by atoms with Crippen molar-refractivity contribution in [1.29, 1.82) is 0 Å². The summed E-state index contributed by atoms with van der Waals surface area (Å²) in [4.78, 5) is 14.0. The zero-order valence-electron chi connectivity index (χ0n) is 13.3. The van der Waals surface area contributed by atoms with E-state index < -0.39 is 17.7 Å². The summed E-state index contributed by atoms with van der Waals surface area (Å²) < 4.78 is 26.6. The van der Waals surface area contributed by atoms with Crippen molar-refractivity contribution in [3.63, 3.8) is 0 Å². The summed E-state index contributed by atoms with van der Waals surface area (Å²) in [5.74, 6) is -1.46. The molecule has 2 aromatic carbocycles. The Kier molecular flexibility index (Phi) is 5.68. The molecule has 0 unspecified atom stereocenters. The van der Waals surface area contributed by atoms with Crippen LogP contribution in [0, 0.1) is 18.6 Å². The summed E-state index contributed by atoms with van der Waals surface area (Å²) in [6.45, 7) is 4.94.